The molecule has 0 aromatic carbocycles. The van der Waals surface area contributed by atoms with Crippen LogP contribution in [0, 0.1) is 11.3 Å². The van der Waals surface area contributed by atoms with Gasteiger partial charge in [0.15, 0.2) is 5.41 Å². The van der Waals surface area contributed by atoms with Gasteiger partial charge in [-0.1, -0.05) is 0 Å². The first kappa shape index (κ1) is 20.2. The molecule has 2 fully saturated rings. The van der Waals surface area contributed by atoms with E-state index in [1.807, 2.05) is 27.7 Å². The Hall–Kier alpha value is -1.08. The predicted octanol–water partition coefficient (Wildman–Crippen LogP) is 2.99. The molecule has 25 heavy (non-hydrogen) atoms. The second-order valence-electron chi connectivity index (χ2n) is 8.05. The van der Waals surface area contributed by atoms with Gasteiger partial charge < -0.3 is 18.8 Å². The second kappa shape index (κ2) is 7.27. The summed E-state index contributed by atoms with van der Waals surface area (Å²) in [6.07, 6.45) is 2.29. The molecule has 1 heterocycles. The van der Waals surface area contributed by atoms with Gasteiger partial charge in [-0.15, -0.1) is 0 Å². The number of hydrogen-bond acceptors (Lipinski definition) is 6. The van der Waals surface area contributed by atoms with Crippen molar-refractivity contribution in [3.05, 3.63) is 0 Å². The van der Waals surface area contributed by atoms with Gasteiger partial charge in [0.1, 0.15) is 0 Å². The molecule has 6 nitrogen and oxygen atoms in total. The lowest BCUT2D eigenvalue weighted by molar-refractivity contribution is -0.171. The molecular formula is C18H31BO6. The Balaban J connectivity index is 2.06. The van der Waals surface area contributed by atoms with Crippen LogP contribution in [-0.2, 0) is 28.4 Å². The van der Waals surface area contributed by atoms with E-state index in [0.29, 0.717) is 19.2 Å². The van der Waals surface area contributed by atoms with Gasteiger partial charge in [0.2, 0.25) is 0 Å². The quantitative estimate of drug-likeness (QED) is 0.415. The van der Waals surface area contributed by atoms with Crippen molar-refractivity contribution >= 4 is 19.1 Å². The maximum atomic E-state index is 12.5. The first-order chi connectivity index (χ1) is 11.6. The third-order valence-electron chi connectivity index (χ3n) is 5.78. The van der Waals surface area contributed by atoms with Crippen LogP contribution in [0.15, 0.2) is 0 Å². The fraction of sp³-hybridized carbons (Fsp3) is 0.889. The number of ether oxygens (including phenoxy) is 2. The molecule has 1 aliphatic heterocycles. The van der Waals surface area contributed by atoms with Crippen molar-refractivity contribution in [2.75, 3.05) is 13.2 Å². The third kappa shape index (κ3) is 3.87. The van der Waals surface area contributed by atoms with Crippen LogP contribution in [0.25, 0.3) is 0 Å². The summed E-state index contributed by atoms with van der Waals surface area (Å²) in [4.78, 5) is 25.0. The van der Waals surface area contributed by atoms with E-state index < -0.39 is 17.4 Å². The Labute approximate surface area is 151 Å². The highest BCUT2D eigenvalue weighted by Gasteiger charge is 2.56. The Morgan fingerprint density at radius 3 is 1.92 bits per heavy atom. The summed E-state index contributed by atoms with van der Waals surface area (Å²) in [6.45, 7) is 12.1. The summed E-state index contributed by atoms with van der Waals surface area (Å²) in [5.41, 5.74) is -1.94. The topological polar surface area (TPSA) is 71.1 Å². The van der Waals surface area contributed by atoms with Gasteiger partial charge >= 0.3 is 19.1 Å². The number of esters is 2. The Morgan fingerprint density at radius 2 is 1.48 bits per heavy atom. The van der Waals surface area contributed by atoms with E-state index >= 15 is 0 Å². The fourth-order valence-corrected chi connectivity index (χ4v) is 3.67. The lowest BCUT2D eigenvalue weighted by Gasteiger charge is -2.32. The second-order valence-corrected chi connectivity index (χ2v) is 8.05. The van der Waals surface area contributed by atoms with Crippen molar-refractivity contribution in [2.45, 2.75) is 78.3 Å². The minimum atomic E-state index is -1.18. The third-order valence-corrected chi connectivity index (χ3v) is 5.78. The van der Waals surface area contributed by atoms with Crippen molar-refractivity contribution in [1.82, 2.24) is 0 Å². The van der Waals surface area contributed by atoms with Crippen LogP contribution in [0.2, 0.25) is 6.32 Å². The maximum absolute atomic E-state index is 12.5. The first-order valence-corrected chi connectivity index (χ1v) is 9.28. The smallest absolute Gasteiger partial charge is 0.458 e. The molecule has 0 spiro atoms. The molecule has 1 saturated carbocycles. The molecule has 0 aromatic rings. The largest absolute Gasteiger partial charge is 0.465 e. The van der Waals surface area contributed by atoms with Gasteiger partial charge in [-0.05, 0) is 73.0 Å². The van der Waals surface area contributed by atoms with E-state index in [1.54, 1.807) is 13.8 Å². The van der Waals surface area contributed by atoms with Gasteiger partial charge in [0.05, 0.1) is 24.4 Å². The average molecular weight is 354 g/mol. The minimum Gasteiger partial charge on any atom is -0.465 e. The number of carbonyl (C=O) groups is 2. The van der Waals surface area contributed by atoms with E-state index in [2.05, 4.69) is 0 Å². The van der Waals surface area contributed by atoms with Gasteiger partial charge in [-0.2, -0.15) is 0 Å². The van der Waals surface area contributed by atoms with E-state index in [0.717, 1.165) is 6.42 Å². The normalized spacial score (nSPS) is 26.5. The van der Waals surface area contributed by atoms with E-state index in [-0.39, 0.29) is 37.5 Å². The lowest BCUT2D eigenvalue weighted by Crippen LogP contribution is -2.41. The number of rotatable bonds is 6. The van der Waals surface area contributed by atoms with Crippen LogP contribution in [0.5, 0.6) is 0 Å². The summed E-state index contributed by atoms with van der Waals surface area (Å²) in [7, 11) is -0.324. The molecule has 1 saturated heterocycles. The molecule has 1 aliphatic carbocycles. The van der Waals surface area contributed by atoms with Crippen LogP contribution >= 0.6 is 0 Å². The summed E-state index contributed by atoms with van der Waals surface area (Å²) >= 11 is 0. The molecule has 0 aromatic heterocycles. The van der Waals surface area contributed by atoms with Crippen LogP contribution < -0.4 is 0 Å². The van der Waals surface area contributed by atoms with Gasteiger partial charge in [0.25, 0.3) is 0 Å². The Bertz CT molecular complexity index is 482. The molecule has 2 rings (SSSR count). The highest BCUT2D eigenvalue weighted by atomic mass is 16.7. The average Bonchev–Trinajstić information content (AvgIpc) is 2.99. The highest BCUT2D eigenvalue weighted by Crippen LogP contribution is 2.47. The molecule has 142 valence electrons. The molecule has 2 aliphatic rings. The Kier molecular flexibility index (Phi) is 5.89. The molecular weight excluding hydrogens is 323 g/mol. The fourth-order valence-electron chi connectivity index (χ4n) is 3.67. The van der Waals surface area contributed by atoms with Crippen molar-refractivity contribution < 1.29 is 28.4 Å². The zero-order chi connectivity index (χ0) is 18.9. The van der Waals surface area contributed by atoms with E-state index in [1.165, 1.54) is 0 Å². The monoisotopic (exact) mass is 354 g/mol. The van der Waals surface area contributed by atoms with Crippen molar-refractivity contribution in [3.8, 4) is 0 Å². The molecule has 1 unspecified atom stereocenters. The summed E-state index contributed by atoms with van der Waals surface area (Å²) < 4.78 is 22.5. The molecule has 7 heteroatoms. The first-order valence-electron chi connectivity index (χ1n) is 9.28. The summed E-state index contributed by atoms with van der Waals surface area (Å²) in [5.74, 6) is -0.779. The minimum absolute atomic E-state index is 0.156. The van der Waals surface area contributed by atoms with Crippen molar-refractivity contribution in [3.63, 3.8) is 0 Å². The molecule has 0 amide bonds. The van der Waals surface area contributed by atoms with E-state index in [4.69, 9.17) is 18.8 Å². The lowest BCUT2D eigenvalue weighted by atomic mass is 9.75. The van der Waals surface area contributed by atoms with Crippen LogP contribution in [-0.4, -0.2) is 43.5 Å². The van der Waals surface area contributed by atoms with Crippen molar-refractivity contribution in [1.29, 1.82) is 0 Å². The molecule has 0 bridgehead atoms. The van der Waals surface area contributed by atoms with Gasteiger partial charge in [-0.3, -0.25) is 9.59 Å². The molecule has 0 N–H and O–H groups in total. The van der Waals surface area contributed by atoms with Crippen LogP contribution in [0.4, 0.5) is 0 Å². The molecule has 1 atom stereocenters. The van der Waals surface area contributed by atoms with Gasteiger partial charge in [0, 0.05) is 0 Å². The summed E-state index contributed by atoms with van der Waals surface area (Å²) in [5, 5.41) is 0. The SMILES string of the molecule is CCOC(=O)C1(C(=O)OCC)CCC(CB2OC(C)(C)C(C)(C)O2)C1. The standard InChI is InChI=1S/C18H31BO6/c1-7-22-14(20)18(15(21)23-8-2)10-9-13(11-18)12-19-24-16(3,4)17(5,6)25-19/h13H,7-12H2,1-6H3. The van der Waals surface area contributed by atoms with Gasteiger partial charge in [-0.25, -0.2) is 0 Å². The predicted molar refractivity (Wildman–Crippen MR) is 93.9 cm³/mol. The molecule has 0 radical (unpaired) electrons. The zero-order valence-corrected chi connectivity index (χ0v) is 16.3. The van der Waals surface area contributed by atoms with Crippen molar-refractivity contribution in [2.24, 2.45) is 11.3 Å². The van der Waals surface area contributed by atoms with Crippen LogP contribution in [0.1, 0.15) is 60.8 Å². The summed E-state index contributed by atoms with van der Waals surface area (Å²) in [6, 6.07) is 0. The Morgan fingerprint density at radius 1 is 1.00 bits per heavy atom. The highest BCUT2D eigenvalue weighted by molar-refractivity contribution is 6.45. The number of hydrogen-bond donors (Lipinski definition) is 0. The zero-order valence-electron chi connectivity index (χ0n) is 16.3. The van der Waals surface area contributed by atoms with E-state index in [9.17, 15) is 9.59 Å². The van der Waals surface area contributed by atoms with Crippen LogP contribution in [0.3, 0.4) is 0 Å². The maximum Gasteiger partial charge on any atom is 0.458 e. The number of carbonyl (C=O) groups excluding carboxylic acids is 2.